The normalized spacial score (nSPS) is 11.7. The van der Waals surface area contributed by atoms with Gasteiger partial charge in [-0.3, -0.25) is 0 Å². The Hall–Kier alpha value is -1.28. The summed E-state index contributed by atoms with van der Waals surface area (Å²) in [7, 11) is 0. The smallest absolute Gasteiger partial charge is 0.115 e. The molecule has 0 radical (unpaired) electrons. The largest absolute Gasteiger partial charge is 0.508 e. The lowest BCUT2D eigenvalue weighted by Gasteiger charge is -1.99. The number of phenols is 1. The van der Waals surface area contributed by atoms with Crippen molar-refractivity contribution in [3.8, 4) is 5.75 Å². The van der Waals surface area contributed by atoms with Crippen molar-refractivity contribution in [2.24, 2.45) is 0 Å². The maximum atomic E-state index is 9.04. The molecule has 0 atom stereocenters. The highest BCUT2D eigenvalue weighted by molar-refractivity contribution is 5.53. The van der Waals surface area contributed by atoms with Crippen molar-refractivity contribution in [1.82, 2.24) is 0 Å². The van der Waals surface area contributed by atoms with E-state index in [4.69, 9.17) is 10.2 Å². The van der Waals surface area contributed by atoms with E-state index in [-0.39, 0.29) is 12.4 Å². The summed E-state index contributed by atoms with van der Waals surface area (Å²) in [5.74, 6) is 0.263. The zero-order valence-electron chi connectivity index (χ0n) is 7.70. The van der Waals surface area contributed by atoms with E-state index in [1.807, 2.05) is 25.1 Å². The number of hydrogen-bond acceptors (Lipinski definition) is 2. The molecule has 0 amide bonds. The van der Waals surface area contributed by atoms with Gasteiger partial charge in [0, 0.05) is 0 Å². The molecule has 1 aromatic carbocycles. The van der Waals surface area contributed by atoms with E-state index >= 15 is 0 Å². The van der Waals surface area contributed by atoms with Gasteiger partial charge in [-0.25, -0.2) is 0 Å². The molecule has 0 saturated carbocycles. The van der Waals surface area contributed by atoms with Gasteiger partial charge < -0.3 is 10.2 Å². The predicted molar refractivity (Wildman–Crippen MR) is 53.5 cm³/mol. The summed E-state index contributed by atoms with van der Waals surface area (Å²) in [4.78, 5) is 0. The molecule has 1 rings (SSSR count). The minimum absolute atomic E-state index is 0.0946. The Morgan fingerprint density at radius 2 is 1.92 bits per heavy atom. The summed E-state index contributed by atoms with van der Waals surface area (Å²) in [6.07, 6.45) is 2.77. The highest BCUT2D eigenvalue weighted by Crippen LogP contribution is 2.13. The van der Waals surface area contributed by atoms with Crippen LogP contribution in [0.1, 0.15) is 18.9 Å². The predicted octanol–water partition coefficient (Wildman–Crippen LogP) is 2.18. The van der Waals surface area contributed by atoms with Crippen LogP contribution in [0.2, 0.25) is 0 Å². The molecule has 2 N–H and O–H groups in total. The molecule has 0 heterocycles. The van der Waals surface area contributed by atoms with Gasteiger partial charge in [-0.05, 0) is 29.7 Å². The van der Waals surface area contributed by atoms with Crippen LogP contribution in [-0.2, 0) is 0 Å². The molecule has 0 fully saturated rings. The zero-order chi connectivity index (χ0) is 9.68. The third kappa shape index (κ3) is 2.92. The first kappa shape index (κ1) is 9.81. The molecular weight excluding hydrogens is 164 g/mol. The molecule has 2 nitrogen and oxygen atoms in total. The van der Waals surface area contributed by atoms with Crippen molar-refractivity contribution in [1.29, 1.82) is 0 Å². The number of aliphatic hydroxyl groups excluding tert-OH is 1. The van der Waals surface area contributed by atoms with Gasteiger partial charge in [0.1, 0.15) is 5.75 Å². The lowest BCUT2D eigenvalue weighted by molar-refractivity contribution is 0.329. The third-order valence-corrected chi connectivity index (χ3v) is 1.92. The van der Waals surface area contributed by atoms with Crippen molar-refractivity contribution in [2.75, 3.05) is 6.61 Å². The minimum Gasteiger partial charge on any atom is -0.508 e. The fourth-order valence-electron chi connectivity index (χ4n) is 1.07. The van der Waals surface area contributed by atoms with E-state index in [9.17, 15) is 0 Å². The number of aliphatic hydroxyl groups is 1. The van der Waals surface area contributed by atoms with Crippen molar-refractivity contribution in [3.05, 3.63) is 35.4 Å². The van der Waals surface area contributed by atoms with Crippen molar-refractivity contribution < 1.29 is 10.2 Å². The fourth-order valence-corrected chi connectivity index (χ4v) is 1.07. The molecule has 70 valence electrons. The van der Waals surface area contributed by atoms with Crippen LogP contribution in [0.15, 0.2) is 29.8 Å². The molecule has 0 spiro atoms. The van der Waals surface area contributed by atoms with E-state index in [1.165, 1.54) is 0 Å². The highest BCUT2D eigenvalue weighted by atomic mass is 16.3. The molecule has 0 unspecified atom stereocenters. The van der Waals surface area contributed by atoms with E-state index in [2.05, 4.69) is 0 Å². The summed E-state index contributed by atoms with van der Waals surface area (Å²) < 4.78 is 0. The SMILES string of the molecule is CCC(=Cc1ccc(O)cc1)CO. The molecule has 0 aromatic heterocycles. The first-order valence-corrected chi connectivity index (χ1v) is 4.35. The highest BCUT2D eigenvalue weighted by Gasteiger charge is 1.93. The quantitative estimate of drug-likeness (QED) is 0.744. The second-order valence-corrected chi connectivity index (χ2v) is 2.91. The Morgan fingerprint density at radius 1 is 1.31 bits per heavy atom. The second kappa shape index (κ2) is 4.67. The summed E-state index contributed by atoms with van der Waals surface area (Å²) in [5.41, 5.74) is 1.99. The number of aromatic hydroxyl groups is 1. The van der Waals surface area contributed by atoms with Gasteiger partial charge in [0.05, 0.1) is 6.61 Å². The van der Waals surface area contributed by atoms with E-state index in [1.54, 1.807) is 12.1 Å². The summed E-state index contributed by atoms with van der Waals surface area (Å²) in [6.45, 7) is 2.10. The Bertz CT molecular complexity index is 279. The Balaban J connectivity index is 2.84. The van der Waals surface area contributed by atoms with Crippen molar-refractivity contribution >= 4 is 6.08 Å². The molecule has 13 heavy (non-hydrogen) atoms. The van der Waals surface area contributed by atoms with Crippen LogP contribution in [0, 0.1) is 0 Å². The summed E-state index contributed by atoms with van der Waals surface area (Å²) >= 11 is 0. The van der Waals surface area contributed by atoms with Crippen molar-refractivity contribution in [3.63, 3.8) is 0 Å². The number of hydrogen-bond donors (Lipinski definition) is 2. The monoisotopic (exact) mass is 178 g/mol. The summed E-state index contributed by atoms with van der Waals surface area (Å²) in [6, 6.07) is 6.91. The average Bonchev–Trinajstić information content (AvgIpc) is 2.17. The van der Waals surface area contributed by atoms with Gasteiger partial charge in [0.25, 0.3) is 0 Å². The molecule has 2 heteroatoms. The molecule has 0 bridgehead atoms. The van der Waals surface area contributed by atoms with Gasteiger partial charge in [0.15, 0.2) is 0 Å². The van der Waals surface area contributed by atoms with Gasteiger partial charge in [-0.2, -0.15) is 0 Å². The van der Waals surface area contributed by atoms with Crippen LogP contribution in [0.5, 0.6) is 5.75 Å². The van der Waals surface area contributed by atoms with E-state index < -0.39 is 0 Å². The molecule has 1 aromatic rings. The molecule has 0 aliphatic heterocycles. The summed E-state index contributed by atoms with van der Waals surface area (Å²) in [5, 5.41) is 18.0. The molecule has 0 saturated heterocycles. The third-order valence-electron chi connectivity index (χ3n) is 1.92. The first-order valence-electron chi connectivity index (χ1n) is 4.35. The van der Waals surface area contributed by atoms with Gasteiger partial charge in [0.2, 0.25) is 0 Å². The fraction of sp³-hybridized carbons (Fsp3) is 0.273. The average molecular weight is 178 g/mol. The number of rotatable bonds is 3. The van der Waals surface area contributed by atoms with Crippen LogP contribution >= 0.6 is 0 Å². The molecular formula is C11H14O2. The second-order valence-electron chi connectivity index (χ2n) is 2.91. The van der Waals surface area contributed by atoms with Crippen LogP contribution in [-0.4, -0.2) is 16.8 Å². The van der Waals surface area contributed by atoms with Gasteiger partial charge >= 0.3 is 0 Å². The standard InChI is InChI=1S/C11H14O2/c1-2-9(8-12)7-10-3-5-11(13)6-4-10/h3-7,12-13H,2,8H2,1H3. The maximum absolute atomic E-state index is 9.04. The van der Waals surface area contributed by atoms with Crippen molar-refractivity contribution in [2.45, 2.75) is 13.3 Å². The van der Waals surface area contributed by atoms with Gasteiger partial charge in [-0.1, -0.05) is 25.1 Å². The number of benzene rings is 1. The Labute approximate surface area is 78.2 Å². The van der Waals surface area contributed by atoms with E-state index in [0.29, 0.717) is 0 Å². The first-order chi connectivity index (χ1) is 6.26. The molecule has 0 aliphatic rings. The zero-order valence-corrected chi connectivity index (χ0v) is 7.70. The molecule has 0 aliphatic carbocycles. The topological polar surface area (TPSA) is 40.5 Å². The van der Waals surface area contributed by atoms with Crippen LogP contribution in [0.4, 0.5) is 0 Å². The van der Waals surface area contributed by atoms with Crippen LogP contribution < -0.4 is 0 Å². The van der Waals surface area contributed by atoms with Crippen LogP contribution in [0.25, 0.3) is 6.08 Å². The maximum Gasteiger partial charge on any atom is 0.115 e. The lowest BCUT2D eigenvalue weighted by Crippen LogP contribution is -1.87. The minimum atomic E-state index is 0.0946. The van der Waals surface area contributed by atoms with Crippen LogP contribution in [0.3, 0.4) is 0 Å². The van der Waals surface area contributed by atoms with Gasteiger partial charge in [-0.15, -0.1) is 0 Å². The lowest BCUT2D eigenvalue weighted by atomic mass is 10.1. The number of phenolic OH excluding ortho intramolecular Hbond substituents is 1. The van der Waals surface area contributed by atoms with E-state index in [0.717, 1.165) is 17.6 Å². The Kier molecular flexibility index (Phi) is 3.53. The Morgan fingerprint density at radius 3 is 2.38 bits per heavy atom.